The molecule has 0 aliphatic carbocycles. The number of ether oxygens (including phenoxy) is 1. The molecule has 0 fully saturated rings. The van der Waals surface area contributed by atoms with Gasteiger partial charge in [-0.3, -0.25) is 0 Å². The monoisotopic (exact) mass is 359 g/mol. The third kappa shape index (κ3) is 3.19. The summed E-state index contributed by atoms with van der Waals surface area (Å²) in [6, 6.07) is 9.25. The highest BCUT2D eigenvalue weighted by Gasteiger charge is 2.13. The first-order valence-corrected chi connectivity index (χ1v) is 6.58. The summed E-state index contributed by atoms with van der Waals surface area (Å²) in [7, 11) is 0. The van der Waals surface area contributed by atoms with Crippen LogP contribution in [0.15, 0.2) is 34.8 Å². The smallest absolute Gasteiger partial charge is 0.181 e. The highest BCUT2D eigenvalue weighted by Crippen LogP contribution is 2.33. The number of nitriles is 1. The first kappa shape index (κ1) is 14.1. The fraction of sp³-hybridized carbons (Fsp3) is 0. The summed E-state index contributed by atoms with van der Waals surface area (Å²) in [5, 5.41) is 9.54. The second-order valence-electron chi connectivity index (χ2n) is 3.56. The minimum absolute atomic E-state index is 0.0239. The van der Waals surface area contributed by atoms with E-state index in [1.807, 2.05) is 6.07 Å². The van der Waals surface area contributed by atoms with Crippen molar-refractivity contribution in [1.82, 2.24) is 0 Å². The van der Waals surface area contributed by atoms with Crippen molar-refractivity contribution in [3.05, 3.63) is 56.2 Å². The average molecular weight is 361 g/mol. The van der Waals surface area contributed by atoms with E-state index in [-0.39, 0.29) is 15.8 Å². The standard InChI is InChI=1S/C13H5BrCl2FNO/c14-12-7(6-18)1-2-11(13(12)17)19-10-4-8(15)3-9(16)5-10/h1-5H. The predicted octanol–water partition coefficient (Wildman–Crippen LogP) is 5.56. The van der Waals surface area contributed by atoms with E-state index in [4.69, 9.17) is 33.2 Å². The van der Waals surface area contributed by atoms with Crippen LogP contribution in [-0.2, 0) is 0 Å². The van der Waals surface area contributed by atoms with E-state index in [0.717, 1.165) is 0 Å². The number of halogens is 4. The maximum Gasteiger partial charge on any atom is 0.181 e. The van der Waals surface area contributed by atoms with Crippen LogP contribution in [0.3, 0.4) is 0 Å². The molecule has 2 aromatic carbocycles. The third-order valence-electron chi connectivity index (χ3n) is 2.23. The summed E-state index contributed by atoms with van der Waals surface area (Å²) in [6.07, 6.45) is 0. The lowest BCUT2D eigenvalue weighted by Gasteiger charge is -2.09. The summed E-state index contributed by atoms with van der Waals surface area (Å²) in [4.78, 5) is 0. The lowest BCUT2D eigenvalue weighted by atomic mass is 10.2. The van der Waals surface area contributed by atoms with E-state index in [0.29, 0.717) is 15.8 Å². The Bertz CT molecular complexity index is 665. The summed E-state index contributed by atoms with van der Waals surface area (Å²) >= 11 is 14.7. The number of hydrogen-bond acceptors (Lipinski definition) is 2. The SMILES string of the molecule is N#Cc1ccc(Oc2cc(Cl)cc(Cl)c2)c(F)c1Br. The van der Waals surface area contributed by atoms with Gasteiger partial charge >= 0.3 is 0 Å². The number of nitrogens with zero attached hydrogens (tertiary/aromatic N) is 1. The van der Waals surface area contributed by atoms with Crippen LogP contribution in [0.2, 0.25) is 10.0 Å². The number of hydrogen-bond donors (Lipinski definition) is 0. The Morgan fingerprint density at radius 3 is 2.37 bits per heavy atom. The van der Waals surface area contributed by atoms with E-state index >= 15 is 0 Å². The zero-order valence-corrected chi connectivity index (χ0v) is 12.4. The molecule has 2 aromatic rings. The van der Waals surface area contributed by atoms with E-state index < -0.39 is 5.82 Å². The van der Waals surface area contributed by atoms with Crippen molar-refractivity contribution in [2.45, 2.75) is 0 Å². The maximum atomic E-state index is 13.9. The predicted molar refractivity (Wildman–Crippen MR) is 75.4 cm³/mol. The van der Waals surface area contributed by atoms with Gasteiger partial charge in [0.15, 0.2) is 11.6 Å². The third-order valence-corrected chi connectivity index (χ3v) is 3.44. The molecular formula is C13H5BrCl2FNO. The van der Waals surface area contributed by atoms with Crippen LogP contribution in [-0.4, -0.2) is 0 Å². The van der Waals surface area contributed by atoms with Crippen LogP contribution in [0.5, 0.6) is 11.5 Å². The van der Waals surface area contributed by atoms with Gasteiger partial charge in [-0.05, 0) is 46.3 Å². The van der Waals surface area contributed by atoms with Gasteiger partial charge in [0.05, 0.1) is 10.0 Å². The topological polar surface area (TPSA) is 33.0 Å². The quantitative estimate of drug-likeness (QED) is 0.702. The Morgan fingerprint density at radius 2 is 1.79 bits per heavy atom. The van der Waals surface area contributed by atoms with Crippen molar-refractivity contribution in [3.63, 3.8) is 0 Å². The van der Waals surface area contributed by atoms with Crippen molar-refractivity contribution < 1.29 is 9.13 Å². The summed E-state index contributed by atoms with van der Waals surface area (Å²) in [5.74, 6) is -0.368. The highest BCUT2D eigenvalue weighted by atomic mass is 79.9. The molecule has 96 valence electrons. The zero-order valence-electron chi connectivity index (χ0n) is 9.25. The fourth-order valence-corrected chi connectivity index (χ4v) is 2.33. The molecule has 0 unspecified atom stereocenters. The van der Waals surface area contributed by atoms with Crippen LogP contribution in [0.1, 0.15) is 5.56 Å². The van der Waals surface area contributed by atoms with Crippen LogP contribution in [0, 0.1) is 17.1 Å². The molecule has 0 aliphatic rings. The van der Waals surface area contributed by atoms with Gasteiger partial charge in [0.1, 0.15) is 11.8 Å². The van der Waals surface area contributed by atoms with Crippen LogP contribution >= 0.6 is 39.1 Å². The van der Waals surface area contributed by atoms with Crippen molar-refractivity contribution in [3.8, 4) is 17.6 Å². The van der Waals surface area contributed by atoms with Gasteiger partial charge in [-0.2, -0.15) is 5.26 Å². The molecule has 0 spiro atoms. The van der Waals surface area contributed by atoms with Crippen LogP contribution in [0.4, 0.5) is 4.39 Å². The normalized spacial score (nSPS) is 10.1. The van der Waals surface area contributed by atoms with Crippen molar-refractivity contribution >= 4 is 39.1 Å². The molecule has 2 rings (SSSR count). The molecule has 0 aromatic heterocycles. The van der Waals surface area contributed by atoms with Gasteiger partial charge in [0.25, 0.3) is 0 Å². The first-order chi connectivity index (χ1) is 9.01. The first-order valence-electron chi connectivity index (χ1n) is 5.03. The lowest BCUT2D eigenvalue weighted by Crippen LogP contribution is -1.92. The van der Waals surface area contributed by atoms with E-state index in [9.17, 15) is 4.39 Å². The molecule has 0 atom stereocenters. The Hall–Kier alpha value is -1.28. The van der Waals surface area contributed by atoms with Gasteiger partial charge in [-0.15, -0.1) is 0 Å². The van der Waals surface area contributed by atoms with Gasteiger partial charge in [0, 0.05) is 10.0 Å². The molecule has 0 amide bonds. The summed E-state index contributed by atoms with van der Waals surface area (Å²) in [6.45, 7) is 0. The molecule has 0 saturated carbocycles. The minimum Gasteiger partial charge on any atom is -0.454 e. The average Bonchev–Trinajstić information content (AvgIpc) is 2.34. The summed E-state index contributed by atoms with van der Waals surface area (Å²) < 4.78 is 19.4. The molecule has 0 N–H and O–H groups in total. The molecule has 0 saturated heterocycles. The van der Waals surface area contributed by atoms with Crippen molar-refractivity contribution in [2.24, 2.45) is 0 Å². The molecule has 2 nitrogen and oxygen atoms in total. The molecule has 0 heterocycles. The van der Waals surface area contributed by atoms with Gasteiger partial charge in [-0.1, -0.05) is 23.2 Å². The largest absolute Gasteiger partial charge is 0.454 e. The molecule has 0 radical (unpaired) electrons. The molecular weight excluding hydrogens is 356 g/mol. The van der Waals surface area contributed by atoms with Crippen molar-refractivity contribution in [2.75, 3.05) is 0 Å². The van der Waals surface area contributed by atoms with E-state index in [1.165, 1.54) is 24.3 Å². The van der Waals surface area contributed by atoms with Crippen LogP contribution in [0.25, 0.3) is 0 Å². The number of benzene rings is 2. The molecule has 0 bridgehead atoms. The Labute approximate surface area is 127 Å². The minimum atomic E-state index is -0.657. The zero-order chi connectivity index (χ0) is 14.0. The second kappa shape index (κ2) is 5.79. The molecule has 19 heavy (non-hydrogen) atoms. The lowest BCUT2D eigenvalue weighted by molar-refractivity contribution is 0.440. The fourth-order valence-electron chi connectivity index (χ4n) is 1.41. The highest BCUT2D eigenvalue weighted by molar-refractivity contribution is 9.10. The van der Waals surface area contributed by atoms with E-state index in [1.54, 1.807) is 6.07 Å². The Morgan fingerprint density at radius 1 is 1.16 bits per heavy atom. The number of rotatable bonds is 2. The van der Waals surface area contributed by atoms with E-state index in [2.05, 4.69) is 15.9 Å². The van der Waals surface area contributed by atoms with Crippen LogP contribution < -0.4 is 4.74 Å². The van der Waals surface area contributed by atoms with Gasteiger partial charge in [0.2, 0.25) is 0 Å². The maximum absolute atomic E-state index is 13.9. The molecule has 6 heteroatoms. The Balaban J connectivity index is 2.39. The Kier molecular flexibility index (Phi) is 4.31. The molecule has 0 aliphatic heterocycles. The van der Waals surface area contributed by atoms with Gasteiger partial charge in [-0.25, -0.2) is 4.39 Å². The van der Waals surface area contributed by atoms with Gasteiger partial charge < -0.3 is 4.74 Å². The van der Waals surface area contributed by atoms with Crippen molar-refractivity contribution in [1.29, 1.82) is 5.26 Å². The summed E-state index contributed by atoms with van der Waals surface area (Å²) in [5.41, 5.74) is 0.189. The second-order valence-corrected chi connectivity index (χ2v) is 5.22.